The average molecular weight is 230 g/mol. The summed E-state index contributed by atoms with van der Waals surface area (Å²) in [7, 11) is -3.40. The normalized spacial score (nSPS) is 19.0. The molecule has 1 unspecified atom stereocenters. The molecule has 3 N–H and O–H groups in total. The molecule has 0 amide bonds. The van der Waals surface area contributed by atoms with Crippen LogP contribution < -0.4 is 9.44 Å². The number of aromatic nitrogens is 2. The van der Waals surface area contributed by atoms with E-state index >= 15 is 0 Å². The SMILES string of the molecule is CC(NS(=O)(=O)NC1CC1)c1ncc[nH]1. The van der Waals surface area contributed by atoms with E-state index in [1.54, 1.807) is 19.3 Å². The molecule has 1 aromatic rings. The van der Waals surface area contributed by atoms with Crippen LogP contribution in [0.1, 0.15) is 31.6 Å². The van der Waals surface area contributed by atoms with Crippen LogP contribution >= 0.6 is 0 Å². The molecule has 1 aliphatic carbocycles. The summed E-state index contributed by atoms with van der Waals surface area (Å²) in [5.41, 5.74) is 0. The Morgan fingerprint density at radius 1 is 1.60 bits per heavy atom. The third-order valence-corrected chi connectivity index (χ3v) is 3.47. The number of nitrogens with one attached hydrogen (secondary N) is 3. The van der Waals surface area contributed by atoms with Gasteiger partial charge in [0.25, 0.3) is 10.2 Å². The molecule has 7 heteroatoms. The van der Waals surface area contributed by atoms with Gasteiger partial charge in [-0.3, -0.25) is 0 Å². The molecular formula is C8H14N4O2S. The van der Waals surface area contributed by atoms with Crippen molar-refractivity contribution < 1.29 is 8.42 Å². The number of nitrogens with zero attached hydrogens (tertiary/aromatic N) is 1. The molecule has 0 bridgehead atoms. The summed E-state index contributed by atoms with van der Waals surface area (Å²) in [5, 5.41) is 0. The Balaban J connectivity index is 1.95. The van der Waals surface area contributed by atoms with E-state index in [4.69, 9.17) is 0 Å². The number of imidazole rings is 1. The van der Waals surface area contributed by atoms with Crippen molar-refractivity contribution in [2.45, 2.75) is 31.8 Å². The van der Waals surface area contributed by atoms with E-state index in [-0.39, 0.29) is 12.1 Å². The first kappa shape index (κ1) is 10.6. The second-order valence-electron chi connectivity index (χ2n) is 3.71. The highest BCUT2D eigenvalue weighted by Gasteiger charge is 2.28. The van der Waals surface area contributed by atoms with Crippen molar-refractivity contribution >= 4 is 10.2 Å². The molecular weight excluding hydrogens is 216 g/mol. The van der Waals surface area contributed by atoms with Gasteiger partial charge in [0.15, 0.2) is 0 Å². The van der Waals surface area contributed by atoms with Crippen molar-refractivity contribution in [2.75, 3.05) is 0 Å². The monoisotopic (exact) mass is 230 g/mol. The molecule has 2 rings (SSSR count). The van der Waals surface area contributed by atoms with E-state index in [0.717, 1.165) is 12.8 Å². The van der Waals surface area contributed by atoms with Gasteiger partial charge in [0.2, 0.25) is 0 Å². The lowest BCUT2D eigenvalue weighted by Crippen LogP contribution is -2.39. The minimum Gasteiger partial charge on any atom is -0.347 e. The Hall–Kier alpha value is -0.920. The molecule has 1 heterocycles. The largest absolute Gasteiger partial charge is 0.347 e. The van der Waals surface area contributed by atoms with Gasteiger partial charge >= 0.3 is 0 Å². The molecule has 0 radical (unpaired) electrons. The topological polar surface area (TPSA) is 86.9 Å². The molecule has 1 atom stereocenters. The van der Waals surface area contributed by atoms with Gasteiger partial charge in [-0.2, -0.15) is 17.9 Å². The van der Waals surface area contributed by atoms with Gasteiger partial charge in [0, 0.05) is 18.4 Å². The van der Waals surface area contributed by atoms with Crippen molar-refractivity contribution in [3.63, 3.8) is 0 Å². The molecule has 1 aliphatic rings. The van der Waals surface area contributed by atoms with E-state index in [9.17, 15) is 8.42 Å². The zero-order chi connectivity index (χ0) is 10.9. The van der Waals surface area contributed by atoms with Gasteiger partial charge < -0.3 is 4.98 Å². The van der Waals surface area contributed by atoms with Gasteiger partial charge in [-0.25, -0.2) is 4.98 Å². The van der Waals surface area contributed by atoms with Crippen molar-refractivity contribution in [3.05, 3.63) is 18.2 Å². The van der Waals surface area contributed by atoms with Gasteiger partial charge in [-0.1, -0.05) is 0 Å². The van der Waals surface area contributed by atoms with Crippen LogP contribution in [0.3, 0.4) is 0 Å². The maximum Gasteiger partial charge on any atom is 0.277 e. The van der Waals surface area contributed by atoms with Crippen LogP contribution in [0.25, 0.3) is 0 Å². The molecule has 0 aliphatic heterocycles. The number of hydrogen-bond donors (Lipinski definition) is 3. The Morgan fingerprint density at radius 3 is 2.87 bits per heavy atom. The lowest BCUT2D eigenvalue weighted by atomic mass is 10.3. The first-order valence-corrected chi connectivity index (χ1v) is 6.34. The Kier molecular flexibility index (Phi) is 2.76. The zero-order valence-electron chi connectivity index (χ0n) is 8.40. The fourth-order valence-corrected chi connectivity index (χ4v) is 2.58. The van der Waals surface area contributed by atoms with Crippen LogP contribution in [-0.4, -0.2) is 24.4 Å². The van der Waals surface area contributed by atoms with Crippen molar-refractivity contribution in [2.24, 2.45) is 0 Å². The Labute approximate surface area is 88.7 Å². The zero-order valence-corrected chi connectivity index (χ0v) is 9.21. The summed E-state index contributed by atoms with van der Waals surface area (Å²) in [4.78, 5) is 6.85. The lowest BCUT2D eigenvalue weighted by Gasteiger charge is -2.12. The Morgan fingerprint density at radius 2 is 2.33 bits per heavy atom. The fourth-order valence-electron chi connectivity index (χ4n) is 1.26. The van der Waals surface area contributed by atoms with Crippen LogP contribution in [0.2, 0.25) is 0 Å². The quantitative estimate of drug-likeness (QED) is 0.668. The number of hydrogen-bond acceptors (Lipinski definition) is 3. The molecule has 0 aromatic carbocycles. The molecule has 6 nitrogen and oxygen atoms in total. The summed E-state index contributed by atoms with van der Waals surface area (Å²) in [5.74, 6) is 0.608. The van der Waals surface area contributed by atoms with Crippen molar-refractivity contribution in [1.82, 2.24) is 19.4 Å². The second kappa shape index (κ2) is 3.92. The van der Waals surface area contributed by atoms with Crippen LogP contribution in [0, 0.1) is 0 Å². The van der Waals surface area contributed by atoms with E-state index in [1.807, 2.05) is 0 Å². The maximum absolute atomic E-state index is 11.5. The highest BCUT2D eigenvalue weighted by Crippen LogP contribution is 2.19. The number of aromatic amines is 1. The number of H-pyrrole nitrogens is 1. The van der Waals surface area contributed by atoms with E-state index in [1.165, 1.54) is 0 Å². The van der Waals surface area contributed by atoms with E-state index < -0.39 is 10.2 Å². The summed E-state index contributed by atoms with van der Waals surface area (Å²) in [6.07, 6.45) is 5.11. The summed E-state index contributed by atoms with van der Waals surface area (Å²) in [6.45, 7) is 1.74. The average Bonchev–Trinajstić information content (AvgIpc) is 2.78. The minimum absolute atomic E-state index is 0.117. The van der Waals surface area contributed by atoms with Crippen LogP contribution in [-0.2, 0) is 10.2 Å². The molecule has 84 valence electrons. The highest BCUT2D eigenvalue weighted by molar-refractivity contribution is 7.87. The number of rotatable bonds is 5. The smallest absolute Gasteiger partial charge is 0.277 e. The first-order valence-electron chi connectivity index (χ1n) is 4.86. The van der Waals surface area contributed by atoms with E-state index in [0.29, 0.717) is 5.82 Å². The molecule has 1 fully saturated rings. The van der Waals surface area contributed by atoms with Crippen LogP contribution in [0.15, 0.2) is 12.4 Å². The summed E-state index contributed by atoms with van der Waals surface area (Å²) in [6, 6.07) is -0.234. The molecule has 1 aromatic heterocycles. The van der Waals surface area contributed by atoms with Gasteiger partial charge in [-0.05, 0) is 19.8 Å². The molecule has 0 spiro atoms. The van der Waals surface area contributed by atoms with Gasteiger partial charge in [0.05, 0.1) is 6.04 Å². The summed E-state index contributed by atoms with van der Waals surface area (Å²) >= 11 is 0. The lowest BCUT2D eigenvalue weighted by molar-refractivity contribution is 0.546. The molecule has 1 saturated carbocycles. The van der Waals surface area contributed by atoms with E-state index in [2.05, 4.69) is 19.4 Å². The maximum atomic E-state index is 11.5. The molecule has 15 heavy (non-hydrogen) atoms. The van der Waals surface area contributed by atoms with Crippen LogP contribution in [0.4, 0.5) is 0 Å². The third kappa shape index (κ3) is 3.01. The van der Waals surface area contributed by atoms with Gasteiger partial charge in [-0.15, -0.1) is 0 Å². The van der Waals surface area contributed by atoms with Crippen LogP contribution in [0.5, 0.6) is 0 Å². The summed E-state index contributed by atoms with van der Waals surface area (Å²) < 4.78 is 28.1. The van der Waals surface area contributed by atoms with Crippen molar-refractivity contribution in [3.8, 4) is 0 Å². The third-order valence-electron chi connectivity index (χ3n) is 2.16. The minimum atomic E-state index is -3.40. The first-order chi connectivity index (χ1) is 7.07. The second-order valence-corrected chi connectivity index (χ2v) is 5.19. The standard InChI is InChI=1S/C8H14N4O2S/c1-6(8-9-4-5-10-8)11-15(13,14)12-7-2-3-7/h4-7,11-12H,2-3H2,1H3,(H,9,10). The predicted molar refractivity (Wildman–Crippen MR) is 55.2 cm³/mol. The van der Waals surface area contributed by atoms with Gasteiger partial charge in [0.1, 0.15) is 5.82 Å². The van der Waals surface area contributed by atoms with Crippen molar-refractivity contribution in [1.29, 1.82) is 0 Å². The predicted octanol–water partition coefficient (Wildman–Crippen LogP) is 0.0571. The molecule has 0 saturated heterocycles. The Bertz CT molecular complexity index is 410. The highest BCUT2D eigenvalue weighted by atomic mass is 32.2. The fraction of sp³-hybridized carbons (Fsp3) is 0.625.